The number of rotatable bonds is 5. The van der Waals surface area contributed by atoms with E-state index in [1.54, 1.807) is 19.1 Å². The lowest BCUT2D eigenvalue weighted by molar-refractivity contribution is -0.136. The summed E-state index contributed by atoms with van der Waals surface area (Å²) in [7, 11) is -3.64. The molecule has 2 aromatic rings. The van der Waals surface area contributed by atoms with Crippen LogP contribution in [-0.4, -0.2) is 24.5 Å². The molecule has 2 rings (SSSR count). The molecule has 2 N–H and O–H groups in total. The van der Waals surface area contributed by atoms with E-state index in [-0.39, 0.29) is 10.6 Å². The molecule has 1 aromatic carbocycles. The van der Waals surface area contributed by atoms with E-state index in [4.69, 9.17) is 5.11 Å². The van der Waals surface area contributed by atoms with Gasteiger partial charge in [0.05, 0.1) is 17.6 Å². The maximum atomic E-state index is 12.0. The lowest BCUT2D eigenvalue weighted by Gasteiger charge is -2.06. The molecule has 6 nitrogen and oxygen atoms in total. The van der Waals surface area contributed by atoms with Crippen molar-refractivity contribution in [3.63, 3.8) is 0 Å². The average Bonchev–Trinajstić information content (AvgIpc) is 2.78. The van der Waals surface area contributed by atoms with Gasteiger partial charge in [-0.05, 0) is 24.6 Å². The number of carboxylic acid groups (broad SMARTS) is 1. The lowest BCUT2D eigenvalue weighted by atomic mass is 10.1. The molecule has 20 heavy (non-hydrogen) atoms. The lowest BCUT2D eigenvalue weighted by Crippen LogP contribution is -2.11. The fourth-order valence-electron chi connectivity index (χ4n) is 1.54. The number of sulfonamides is 1. The van der Waals surface area contributed by atoms with Gasteiger partial charge in [-0.2, -0.15) is 0 Å². The molecule has 0 radical (unpaired) electrons. The Labute approximate surface area is 120 Å². The Morgan fingerprint density at radius 2 is 2.00 bits per heavy atom. The molecule has 0 aliphatic rings. The fourth-order valence-corrected chi connectivity index (χ4v) is 3.70. The Morgan fingerprint density at radius 1 is 1.35 bits per heavy atom. The van der Waals surface area contributed by atoms with Crippen LogP contribution in [-0.2, 0) is 21.2 Å². The molecule has 106 valence electrons. The van der Waals surface area contributed by atoms with Crippen molar-refractivity contribution in [2.45, 2.75) is 17.6 Å². The predicted molar refractivity (Wildman–Crippen MR) is 75.4 cm³/mol. The van der Waals surface area contributed by atoms with Crippen molar-refractivity contribution in [1.82, 2.24) is 4.98 Å². The van der Waals surface area contributed by atoms with Crippen molar-refractivity contribution in [3.05, 3.63) is 41.0 Å². The number of thiazole rings is 1. The Kier molecular flexibility index (Phi) is 4.05. The Morgan fingerprint density at radius 3 is 2.50 bits per heavy atom. The van der Waals surface area contributed by atoms with Gasteiger partial charge in [0.2, 0.25) is 0 Å². The number of carboxylic acids is 1. The maximum Gasteiger partial charge on any atom is 0.307 e. The van der Waals surface area contributed by atoms with Crippen LogP contribution in [0.3, 0.4) is 0 Å². The van der Waals surface area contributed by atoms with Crippen LogP contribution in [0, 0.1) is 6.92 Å². The number of hydrogen-bond acceptors (Lipinski definition) is 5. The van der Waals surface area contributed by atoms with Crippen LogP contribution in [0.5, 0.6) is 0 Å². The van der Waals surface area contributed by atoms with Crippen LogP contribution in [0.4, 0.5) is 5.69 Å². The second kappa shape index (κ2) is 5.59. The van der Waals surface area contributed by atoms with Gasteiger partial charge in [-0.1, -0.05) is 12.1 Å². The van der Waals surface area contributed by atoms with Crippen molar-refractivity contribution in [1.29, 1.82) is 0 Å². The van der Waals surface area contributed by atoms with Crippen LogP contribution in [0.2, 0.25) is 0 Å². The molecule has 8 heteroatoms. The van der Waals surface area contributed by atoms with Crippen LogP contribution in [0.25, 0.3) is 0 Å². The van der Waals surface area contributed by atoms with Gasteiger partial charge in [-0.25, -0.2) is 13.4 Å². The minimum atomic E-state index is -3.64. The predicted octanol–water partition coefficient (Wildman–Crippen LogP) is 1.88. The first-order chi connectivity index (χ1) is 9.37. The summed E-state index contributed by atoms with van der Waals surface area (Å²) in [6.45, 7) is 1.73. The summed E-state index contributed by atoms with van der Waals surface area (Å²) in [4.78, 5) is 14.5. The van der Waals surface area contributed by atoms with E-state index in [0.717, 1.165) is 11.3 Å². The van der Waals surface area contributed by atoms with E-state index in [1.807, 2.05) is 0 Å². The summed E-state index contributed by atoms with van der Waals surface area (Å²) < 4.78 is 26.7. The van der Waals surface area contributed by atoms with E-state index in [2.05, 4.69) is 9.71 Å². The van der Waals surface area contributed by atoms with Crippen LogP contribution in [0.1, 0.15) is 10.6 Å². The first-order valence-electron chi connectivity index (χ1n) is 5.63. The van der Waals surface area contributed by atoms with Crippen molar-refractivity contribution in [2.75, 3.05) is 4.72 Å². The van der Waals surface area contributed by atoms with Gasteiger partial charge in [0.25, 0.3) is 10.0 Å². The van der Waals surface area contributed by atoms with Crippen molar-refractivity contribution < 1.29 is 18.3 Å². The van der Waals surface area contributed by atoms with Crippen molar-refractivity contribution in [3.8, 4) is 0 Å². The molecule has 0 spiro atoms. The molecule has 0 saturated carbocycles. The molecule has 0 amide bonds. The number of hydrogen-bond donors (Lipinski definition) is 2. The number of anilines is 1. The maximum absolute atomic E-state index is 12.0. The average molecular weight is 312 g/mol. The zero-order valence-corrected chi connectivity index (χ0v) is 12.2. The number of nitrogens with one attached hydrogen (secondary N) is 1. The highest BCUT2D eigenvalue weighted by molar-refractivity contribution is 7.94. The first kappa shape index (κ1) is 14.5. The molecule has 0 bridgehead atoms. The SMILES string of the molecule is Cc1ncc(S(=O)(=O)Nc2ccc(CC(=O)O)cc2)s1. The molecule has 0 aliphatic carbocycles. The summed E-state index contributed by atoms with van der Waals surface area (Å²) in [5.74, 6) is -0.932. The highest BCUT2D eigenvalue weighted by atomic mass is 32.2. The Balaban J connectivity index is 2.15. The third kappa shape index (κ3) is 3.55. The van der Waals surface area contributed by atoms with Gasteiger partial charge in [-0.3, -0.25) is 9.52 Å². The third-order valence-corrected chi connectivity index (χ3v) is 5.18. The molecule has 0 aliphatic heterocycles. The third-order valence-electron chi connectivity index (χ3n) is 2.43. The summed E-state index contributed by atoms with van der Waals surface area (Å²) in [6, 6.07) is 6.21. The summed E-state index contributed by atoms with van der Waals surface area (Å²) in [5, 5.41) is 9.33. The minimum Gasteiger partial charge on any atom is -0.481 e. The number of aromatic nitrogens is 1. The molecule has 1 aromatic heterocycles. The molecular weight excluding hydrogens is 300 g/mol. The first-order valence-corrected chi connectivity index (χ1v) is 7.93. The number of nitrogens with zero attached hydrogens (tertiary/aromatic N) is 1. The molecule has 0 unspecified atom stereocenters. The summed E-state index contributed by atoms with van der Waals surface area (Å²) in [5.41, 5.74) is 0.985. The largest absolute Gasteiger partial charge is 0.481 e. The second-order valence-electron chi connectivity index (χ2n) is 4.07. The van der Waals surface area contributed by atoms with E-state index in [0.29, 0.717) is 16.3 Å². The summed E-state index contributed by atoms with van der Waals surface area (Å²) >= 11 is 1.09. The number of benzene rings is 1. The Hall–Kier alpha value is -1.93. The van der Waals surface area contributed by atoms with Gasteiger partial charge < -0.3 is 5.11 Å². The van der Waals surface area contributed by atoms with Crippen molar-refractivity contribution in [2.24, 2.45) is 0 Å². The second-order valence-corrected chi connectivity index (χ2v) is 7.22. The van der Waals surface area contributed by atoms with E-state index in [1.165, 1.54) is 18.3 Å². The summed E-state index contributed by atoms with van der Waals surface area (Å²) in [6.07, 6.45) is 1.21. The van der Waals surface area contributed by atoms with Crippen molar-refractivity contribution >= 4 is 33.0 Å². The number of aryl methyl sites for hydroxylation is 1. The number of aliphatic carboxylic acids is 1. The van der Waals surface area contributed by atoms with E-state index < -0.39 is 16.0 Å². The Bertz CT molecular complexity index is 720. The number of carbonyl (C=O) groups is 1. The van der Waals surface area contributed by atoms with Gasteiger partial charge in [0.1, 0.15) is 0 Å². The smallest absolute Gasteiger partial charge is 0.307 e. The fraction of sp³-hybridized carbons (Fsp3) is 0.167. The van der Waals surface area contributed by atoms with Gasteiger partial charge >= 0.3 is 5.97 Å². The van der Waals surface area contributed by atoms with Gasteiger partial charge in [0, 0.05) is 5.69 Å². The van der Waals surface area contributed by atoms with Crippen LogP contribution >= 0.6 is 11.3 Å². The van der Waals surface area contributed by atoms with Gasteiger partial charge in [-0.15, -0.1) is 11.3 Å². The van der Waals surface area contributed by atoms with E-state index >= 15 is 0 Å². The highest BCUT2D eigenvalue weighted by Gasteiger charge is 2.17. The molecular formula is C12H12N2O4S2. The van der Waals surface area contributed by atoms with Crippen LogP contribution in [0.15, 0.2) is 34.7 Å². The normalized spacial score (nSPS) is 11.2. The molecule has 1 heterocycles. The molecule has 0 saturated heterocycles. The van der Waals surface area contributed by atoms with E-state index in [9.17, 15) is 13.2 Å². The standard InChI is InChI=1S/C12H12N2O4S2/c1-8-13-7-12(19-8)20(17,18)14-10-4-2-9(3-5-10)6-11(15)16/h2-5,7,14H,6H2,1H3,(H,15,16). The zero-order chi connectivity index (χ0) is 14.8. The highest BCUT2D eigenvalue weighted by Crippen LogP contribution is 2.21. The monoisotopic (exact) mass is 312 g/mol. The van der Waals surface area contributed by atoms with Crippen LogP contribution < -0.4 is 4.72 Å². The minimum absolute atomic E-state index is 0.0962. The molecule has 0 atom stereocenters. The quantitative estimate of drug-likeness (QED) is 0.878. The molecule has 0 fully saturated rings. The van der Waals surface area contributed by atoms with Gasteiger partial charge in [0.15, 0.2) is 4.21 Å². The topological polar surface area (TPSA) is 96.4 Å². The zero-order valence-electron chi connectivity index (χ0n) is 10.5.